The van der Waals surface area contributed by atoms with E-state index in [1.54, 1.807) is 13.0 Å². The fraction of sp³-hybridized carbons (Fsp3) is 0.474. The van der Waals surface area contributed by atoms with Crippen LogP contribution in [0, 0.1) is 0 Å². The van der Waals surface area contributed by atoms with Gasteiger partial charge in [0.2, 0.25) is 0 Å². The van der Waals surface area contributed by atoms with Crippen molar-refractivity contribution >= 4 is 7.12 Å². The van der Waals surface area contributed by atoms with Gasteiger partial charge in [0.1, 0.15) is 5.83 Å². The number of rotatable bonds is 6. The molecule has 4 heteroatoms. The Bertz CT molecular complexity index is 433. The van der Waals surface area contributed by atoms with Crippen molar-refractivity contribution in [2.75, 3.05) is 0 Å². The van der Waals surface area contributed by atoms with E-state index in [4.69, 9.17) is 10.0 Å². The molecule has 2 nitrogen and oxygen atoms in total. The van der Waals surface area contributed by atoms with Crippen LogP contribution < -0.4 is 0 Å². The lowest BCUT2D eigenvalue weighted by molar-refractivity contribution is 0.420. The summed E-state index contributed by atoms with van der Waals surface area (Å²) in [5, 5.41) is 17.6. The first-order chi connectivity index (χ1) is 10.7. The standard InChI is InChI=1S/C14H20BFO2.C3H8.C2H6/c1-6-10(2)7-8-11(3)13(5)14(16)9-12(4)15(17)18;1-3-2;1-2/h7-9,17-18H,4-6H2,1-3H3;3H2,1-2H3;1-2H3/b10-7+,11-8+,14-9+;;. The van der Waals surface area contributed by atoms with E-state index in [1.807, 2.05) is 33.8 Å². The van der Waals surface area contributed by atoms with Crippen LogP contribution >= 0.6 is 0 Å². The van der Waals surface area contributed by atoms with E-state index in [0.29, 0.717) is 5.57 Å². The number of hydrogen-bond donors (Lipinski definition) is 2. The Morgan fingerprint density at radius 3 is 1.83 bits per heavy atom. The van der Waals surface area contributed by atoms with Crippen molar-refractivity contribution in [3.63, 3.8) is 0 Å². The Hall–Kier alpha value is -1.39. The summed E-state index contributed by atoms with van der Waals surface area (Å²) in [5.41, 5.74) is 1.96. The first-order valence-electron chi connectivity index (χ1n) is 8.16. The molecule has 0 bridgehead atoms. The maximum Gasteiger partial charge on any atom is 0.487 e. The Morgan fingerprint density at radius 1 is 1.04 bits per heavy atom. The Labute approximate surface area is 143 Å². The topological polar surface area (TPSA) is 40.5 Å². The van der Waals surface area contributed by atoms with Crippen LogP contribution in [0.15, 0.2) is 59.4 Å². The molecule has 0 saturated carbocycles. The summed E-state index contributed by atoms with van der Waals surface area (Å²) in [6, 6.07) is 0. The molecule has 0 unspecified atom stereocenters. The van der Waals surface area contributed by atoms with E-state index in [2.05, 4.69) is 27.0 Å². The van der Waals surface area contributed by atoms with Crippen LogP contribution in [0.3, 0.4) is 0 Å². The zero-order valence-electron chi connectivity index (χ0n) is 15.9. The van der Waals surface area contributed by atoms with Crippen LogP contribution in [0.25, 0.3) is 0 Å². The van der Waals surface area contributed by atoms with Crippen LogP contribution in [0.4, 0.5) is 4.39 Å². The Morgan fingerprint density at radius 2 is 1.48 bits per heavy atom. The van der Waals surface area contributed by atoms with Crippen LogP contribution in [0.2, 0.25) is 0 Å². The second-order valence-electron chi connectivity index (χ2n) is 4.84. The van der Waals surface area contributed by atoms with E-state index in [1.165, 1.54) is 12.0 Å². The highest BCUT2D eigenvalue weighted by Gasteiger charge is 2.12. The largest absolute Gasteiger partial charge is 0.487 e. The predicted molar refractivity (Wildman–Crippen MR) is 103 cm³/mol. The minimum atomic E-state index is -1.75. The number of hydrogen-bond acceptors (Lipinski definition) is 2. The van der Waals surface area contributed by atoms with E-state index >= 15 is 0 Å². The van der Waals surface area contributed by atoms with Gasteiger partial charge in [-0.05, 0) is 37.4 Å². The van der Waals surface area contributed by atoms with Crippen molar-refractivity contribution in [3.05, 3.63) is 59.4 Å². The molecule has 0 heterocycles. The third-order valence-electron chi connectivity index (χ3n) is 2.58. The summed E-state index contributed by atoms with van der Waals surface area (Å²) >= 11 is 0. The smallest absolute Gasteiger partial charge is 0.423 e. The average Bonchev–Trinajstić information content (AvgIpc) is 2.53. The molecule has 0 atom stereocenters. The Balaban J connectivity index is -0.000000710. The minimum absolute atomic E-state index is 0.110. The molecule has 0 aromatic rings. The van der Waals surface area contributed by atoms with Crippen molar-refractivity contribution < 1.29 is 14.4 Å². The van der Waals surface area contributed by atoms with Gasteiger partial charge in [-0.2, -0.15) is 0 Å². The van der Waals surface area contributed by atoms with E-state index in [-0.39, 0.29) is 11.0 Å². The summed E-state index contributed by atoms with van der Waals surface area (Å²) < 4.78 is 13.7. The molecule has 0 amide bonds. The fourth-order valence-electron chi connectivity index (χ4n) is 0.998. The zero-order chi connectivity index (χ0) is 19.0. The van der Waals surface area contributed by atoms with Gasteiger partial charge < -0.3 is 10.0 Å². The van der Waals surface area contributed by atoms with Crippen LogP contribution in [-0.4, -0.2) is 17.2 Å². The maximum atomic E-state index is 13.7. The molecule has 0 aliphatic rings. The summed E-state index contributed by atoms with van der Waals surface area (Å²) in [6.45, 7) is 21.0. The van der Waals surface area contributed by atoms with Crippen molar-refractivity contribution in [2.45, 2.75) is 61.3 Å². The lowest BCUT2D eigenvalue weighted by atomic mass is 9.80. The molecule has 0 spiro atoms. The molecule has 0 aromatic carbocycles. The minimum Gasteiger partial charge on any atom is -0.423 e. The molecule has 0 aromatic heterocycles. The van der Waals surface area contributed by atoms with Gasteiger partial charge in [0.15, 0.2) is 0 Å². The second kappa shape index (κ2) is 17.0. The summed E-state index contributed by atoms with van der Waals surface area (Å²) in [7, 11) is -1.75. The molecule has 132 valence electrons. The zero-order valence-corrected chi connectivity index (χ0v) is 15.9. The van der Waals surface area contributed by atoms with Gasteiger partial charge >= 0.3 is 7.12 Å². The molecule has 2 N–H and O–H groups in total. The molecule has 0 fully saturated rings. The van der Waals surface area contributed by atoms with Crippen molar-refractivity contribution in [1.82, 2.24) is 0 Å². The van der Waals surface area contributed by atoms with Crippen LogP contribution in [-0.2, 0) is 0 Å². The lowest BCUT2D eigenvalue weighted by Gasteiger charge is -2.04. The van der Waals surface area contributed by atoms with Gasteiger partial charge in [-0.25, -0.2) is 4.39 Å². The van der Waals surface area contributed by atoms with Crippen LogP contribution in [0.5, 0.6) is 0 Å². The first kappa shape index (κ1) is 26.5. The highest BCUT2D eigenvalue weighted by atomic mass is 19.1. The van der Waals surface area contributed by atoms with E-state index in [0.717, 1.165) is 12.5 Å². The quantitative estimate of drug-likeness (QED) is 0.485. The van der Waals surface area contributed by atoms with Crippen molar-refractivity contribution in [1.29, 1.82) is 0 Å². The Kier molecular flexibility index (Phi) is 19.6. The van der Waals surface area contributed by atoms with Gasteiger partial charge in [-0.15, -0.1) is 0 Å². The average molecular weight is 324 g/mol. The molecule has 0 radical (unpaired) electrons. The first-order valence-corrected chi connectivity index (χ1v) is 8.16. The summed E-state index contributed by atoms with van der Waals surface area (Å²) in [4.78, 5) is 0. The molecule has 23 heavy (non-hydrogen) atoms. The molecular formula is C19H34BFO2. The van der Waals surface area contributed by atoms with Gasteiger partial charge in [-0.1, -0.05) is 71.9 Å². The van der Waals surface area contributed by atoms with Gasteiger partial charge in [0, 0.05) is 5.57 Å². The molecule has 0 rings (SSSR count). The number of allylic oxidation sites excluding steroid dienone is 8. The van der Waals surface area contributed by atoms with Crippen LogP contribution in [0.1, 0.15) is 61.3 Å². The molecule has 0 saturated heterocycles. The van der Waals surface area contributed by atoms with E-state index in [9.17, 15) is 4.39 Å². The third kappa shape index (κ3) is 15.3. The molecule has 0 aliphatic carbocycles. The highest BCUT2D eigenvalue weighted by Crippen LogP contribution is 2.20. The van der Waals surface area contributed by atoms with Crippen molar-refractivity contribution in [2.24, 2.45) is 0 Å². The number of halogens is 1. The highest BCUT2D eigenvalue weighted by molar-refractivity contribution is 6.51. The van der Waals surface area contributed by atoms with Gasteiger partial charge in [-0.3, -0.25) is 0 Å². The second-order valence-corrected chi connectivity index (χ2v) is 4.84. The lowest BCUT2D eigenvalue weighted by Crippen LogP contribution is -2.12. The SMILES string of the molecule is C=C(/C=C(/F)C(=C)/C(C)=C/C=C(\C)CC)B(O)O.CC.CCC. The van der Waals surface area contributed by atoms with Gasteiger partial charge in [0.05, 0.1) is 0 Å². The normalized spacial score (nSPS) is 11.7. The van der Waals surface area contributed by atoms with E-state index < -0.39 is 12.9 Å². The van der Waals surface area contributed by atoms with Crippen molar-refractivity contribution in [3.8, 4) is 0 Å². The molecular weight excluding hydrogens is 290 g/mol. The predicted octanol–water partition coefficient (Wildman–Crippen LogP) is 5.71. The third-order valence-corrected chi connectivity index (χ3v) is 2.58. The maximum absolute atomic E-state index is 13.7. The molecule has 0 aliphatic heterocycles. The summed E-state index contributed by atoms with van der Waals surface area (Å²) in [5.74, 6) is -0.621. The fourth-order valence-corrected chi connectivity index (χ4v) is 0.998. The monoisotopic (exact) mass is 324 g/mol. The van der Waals surface area contributed by atoms with Gasteiger partial charge in [0.25, 0.3) is 0 Å². The summed E-state index contributed by atoms with van der Waals surface area (Å²) in [6.07, 6.45) is 6.85.